The second kappa shape index (κ2) is 9.42. The van der Waals surface area contributed by atoms with Crippen LogP contribution in [0.5, 0.6) is 0 Å². The van der Waals surface area contributed by atoms with Gasteiger partial charge in [-0.05, 0) is 13.8 Å². The van der Waals surface area contributed by atoms with E-state index in [9.17, 15) is 0 Å². The zero-order chi connectivity index (χ0) is 15.2. The molecule has 0 saturated carbocycles. The van der Waals surface area contributed by atoms with E-state index in [1.807, 2.05) is 32.8 Å². The molecule has 0 radical (unpaired) electrons. The highest BCUT2D eigenvalue weighted by atomic mass is 127. The quantitative estimate of drug-likeness (QED) is 0.413. The van der Waals surface area contributed by atoms with Crippen molar-refractivity contribution in [1.29, 1.82) is 0 Å². The van der Waals surface area contributed by atoms with Gasteiger partial charge in [0.05, 0.1) is 17.8 Å². The van der Waals surface area contributed by atoms with E-state index in [-0.39, 0.29) is 29.6 Å². The summed E-state index contributed by atoms with van der Waals surface area (Å²) in [4.78, 5) is 10.7. The fourth-order valence-corrected chi connectivity index (χ4v) is 2.10. The lowest BCUT2D eigenvalue weighted by Crippen LogP contribution is -2.45. The SMILES string of the molecule is CN=C(NCc1csc(N(C)C)n1)NCC(C)(C)OC.I. The van der Waals surface area contributed by atoms with E-state index in [2.05, 4.69) is 26.0 Å². The fourth-order valence-electron chi connectivity index (χ4n) is 1.35. The first kappa shape index (κ1) is 20.4. The van der Waals surface area contributed by atoms with Gasteiger partial charge in [0.2, 0.25) is 0 Å². The lowest BCUT2D eigenvalue weighted by molar-refractivity contribution is 0.0268. The van der Waals surface area contributed by atoms with E-state index in [0.29, 0.717) is 13.1 Å². The Bertz CT molecular complexity index is 448. The number of rotatable bonds is 6. The van der Waals surface area contributed by atoms with Crippen molar-refractivity contribution in [2.45, 2.75) is 26.0 Å². The summed E-state index contributed by atoms with van der Waals surface area (Å²) in [6.45, 7) is 5.38. The van der Waals surface area contributed by atoms with Crippen molar-refractivity contribution in [3.63, 3.8) is 0 Å². The summed E-state index contributed by atoms with van der Waals surface area (Å²) in [5, 5.41) is 9.54. The zero-order valence-electron chi connectivity index (χ0n) is 13.6. The first-order valence-corrected chi connectivity index (χ1v) is 7.37. The van der Waals surface area contributed by atoms with Gasteiger partial charge in [0.15, 0.2) is 11.1 Å². The Morgan fingerprint density at radius 1 is 1.43 bits per heavy atom. The molecule has 21 heavy (non-hydrogen) atoms. The molecule has 0 aliphatic carbocycles. The van der Waals surface area contributed by atoms with Crippen LogP contribution in [0.3, 0.4) is 0 Å². The van der Waals surface area contributed by atoms with Gasteiger partial charge >= 0.3 is 0 Å². The van der Waals surface area contributed by atoms with E-state index >= 15 is 0 Å². The molecule has 6 nitrogen and oxygen atoms in total. The number of methoxy groups -OCH3 is 1. The van der Waals surface area contributed by atoms with Gasteiger partial charge in [-0.25, -0.2) is 4.98 Å². The molecule has 0 aliphatic heterocycles. The molecule has 0 saturated heterocycles. The number of ether oxygens (including phenoxy) is 1. The number of halogens is 1. The predicted molar refractivity (Wildman–Crippen MR) is 101 cm³/mol. The minimum atomic E-state index is -0.226. The van der Waals surface area contributed by atoms with E-state index in [1.165, 1.54) is 0 Å². The average molecular weight is 427 g/mol. The number of guanidine groups is 1. The van der Waals surface area contributed by atoms with E-state index in [1.54, 1.807) is 25.5 Å². The van der Waals surface area contributed by atoms with Crippen LogP contribution in [0.4, 0.5) is 5.13 Å². The number of hydrogen-bond acceptors (Lipinski definition) is 5. The van der Waals surface area contributed by atoms with E-state index in [0.717, 1.165) is 16.8 Å². The van der Waals surface area contributed by atoms with Crippen LogP contribution in [0.25, 0.3) is 0 Å². The third-order valence-electron chi connectivity index (χ3n) is 2.82. The summed E-state index contributed by atoms with van der Waals surface area (Å²) >= 11 is 1.63. The van der Waals surface area contributed by atoms with Crippen molar-refractivity contribution in [1.82, 2.24) is 15.6 Å². The molecule has 0 fully saturated rings. The Hall–Kier alpha value is -0.610. The average Bonchev–Trinajstić information content (AvgIpc) is 2.88. The smallest absolute Gasteiger partial charge is 0.191 e. The third kappa shape index (κ3) is 7.28. The van der Waals surface area contributed by atoms with Crippen molar-refractivity contribution in [3.8, 4) is 0 Å². The van der Waals surface area contributed by atoms with Crippen LogP contribution < -0.4 is 15.5 Å². The molecule has 8 heteroatoms. The molecule has 0 bridgehead atoms. The van der Waals surface area contributed by atoms with E-state index in [4.69, 9.17) is 4.74 Å². The van der Waals surface area contributed by atoms with Crippen LogP contribution in [-0.4, -0.2) is 51.3 Å². The number of hydrogen-bond donors (Lipinski definition) is 2. The van der Waals surface area contributed by atoms with Gasteiger partial charge in [-0.3, -0.25) is 4.99 Å². The van der Waals surface area contributed by atoms with Crippen LogP contribution in [0.1, 0.15) is 19.5 Å². The number of nitrogens with one attached hydrogen (secondary N) is 2. The molecule has 1 aromatic heterocycles. The van der Waals surface area contributed by atoms with Crippen LogP contribution in [0.15, 0.2) is 10.4 Å². The highest BCUT2D eigenvalue weighted by molar-refractivity contribution is 14.0. The number of nitrogens with zero attached hydrogens (tertiary/aromatic N) is 3. The predicted octanol–water partition coefficient (Wildman–Crippen LogP) is 1.92. The molecule has 0 atom stereocenters. The summed E-state index contributed by atoms with van der Waals surface area (Å²) in [7, 11) is 7.43. The number of thiazole rings is 1. The standard InChI is InChI=1S/C13H25N5OS.HI/c1-13(2,19-6)9-16-11(14-3)15-7-10-8-20-12(17-10)18(4)5;/h8H,7,9H2,1-6H3,(H2,14,15,16);1H. The Kier molecular flexibility index (Phi) is 9.14. The molecule has 1 aromatic rings. The first-order chi connectivity index (χ1) is 9.38. The van der Waals surface area contributed by atoms with Gasteiger partial charge in [-0.2, -0.15) is 0 Å². The summed E-state index contributed by atoms with van der Waals surface area (Å²) in [5.41, 5.74) is 0.781. The summed E-state index contributed by atoms with van der Waals surface area (Å²) in [5.74, 6) is 0.745. The molecule has 0 aromatic carbocycles. The summed E-state index contributed by atoms with van der Waals surface area (Å²) in [6, 6.07) is 0. The van der Waals surface area contributed by atoms with Crippen molar-refractivity contribution in [2.75, 3.05) is 39.7 Å². The van der Waals surface area contributed by atoms with Crippen LogP contribution in [-0.2, 0) is 11.3 Å². The molecule has 2 N–H and O–H groups in total. The topological polar surface area (TPSA) is 61.8 Å². The highest BCUT2D eigenvalue weighted by Crippen LogP contribution is 2.17. The lowest BCUT2D eigenvalue weighted by atomic mass is 10.1. The number of anilines is 1. The molecule has 1 rings (SSSR count). The van der Waals surface area contributed by atoms with E-state index < -0.39 is 0 Å². The second-order valence-corrected chi connectivity index (χ2v) is 6.10. The molecular formula is C13H26IN5OS. The monoisotopic (exact) mass is 427 g/mol. The first-order valence-electron chi connectivity index (χ1n) is 6.49. The largest absolute Gasteiger partial charge is 0.377 e. The second-order valence-electron chi connectivity index (χ2n) is 5.26. The van der Waals surface area contributed by atoms with Gasteiger partial charge in [-0.1, -0.05) is 0 Å². The maximum atomic E-state index is 5.36. The molecule has 0 unspecified atom stereocenters. The van der Waals surface area contributed by atoms with Gasteiger partial charge in [-0.15, -0.1) is 35.3 Å². The van der Waals surface area contributed by atoms with Crippen LogP contribution >= 0.6 is 35.3 Å². The minimum absolute atomic E-state index is 0. The molecule has 0 aliphatic rings. The molecule has 0 spiro atoms. The van der Waals surface area contributed by atoms with Gasteiger partial charge in [0, 0.05) is 40.2 Å². The maximum Gasteiger partial charge on any atom is 0.191 e. The lowest BCUT2D eigenvalue weighted by Gasteiger charge is -2.24. The zero-order valence-corrected chi connectivity index (χ0v) is 16.7. The van der Waals surface area contributed by atoms with Crippen LogP contribution in [0.2, 0.25) is 0 Å². The Morgan fingerprint density at radius 2 is 2.10 bits per heavy atom. The van der Waals surface area contributed by atoms with Gasteiger partial charge in [0.1, 0.15) is 0 Å². The van der Waals surface area contributed by atoms with Crippen molar-refractivity contribution >= 4 is 46.4 Å². The van der Waals surface area contributed by atoms with Crippen molar-refractivity contribution in [3.05, 3.63) is 11.1 Å². The van der Waals surface area contributed by atoms with Gasteiger partial charge < -0.3 is 20.3 Å². The molecular weight excluding hydrogens is 401 g/mol. The third-order valence-corrected chi connectivity index (χ3v) is 3.87. The highest BCUT2D eigenvalue weighted by Gasteiger charge is 2.16. The van der Waals surface area contributed by atoms with Gasteiger partial charge in [0.25, 0.3) is 0 Å². The Balaban J connectivity index is 0.00000400. The minimum Gasteiger partial charge on any atom is -0.377 e. The fraction of sp³-hybridized carbons (Fsp3) is 0.692. The Labute approximate surface area is 148 Å². The van der Waals surface area contributed by atoms with Crippen molar-refractivity contribution in [2.24, 2.45) is 4.99 Å². The Morgan fingerprint density at radius 3 is 2.57 bits per heavy atom. The molecule has 0 amide bonds. The normalized spacial score (nSPS) is 11.8. The molecule has 1 heterocycles. The summed E-state index contributed by atoms with van der Waals surface area (Å²) < 4.78 is 5.36. The van der Waals surface area contributed by atoms with Crippen LogP contribution in [0, 0.1) is 0 Å². The summed E-state index contributed by atoms with van der Waals surface area (Å²) in [6.07, 6.45) is 0. The number of aliphatic imine (C=N–C) groups is 1. The maximum absolute atomic E-state index is 5.36. The number of aromatic nitrogens is 1. The van der Waals surface area contributed by atoms with Crippen molar-refractivity contribution < 1.29 is 4.74 Å². The molecule has 122 valence electrons.